The average Bonchev–Trinajstić information content (AvgIpc) is 3.21. The van der Waals surface area contributed by atoms with Crippen LogP contribution in [-0.4, -0.2) is 93.0 Å². The Kier molecular flexibility index (Phi) is 5.97. The summed E-state index contributed by atoms with van der Waals surface area (Å²) in [5.74, 6) is -2.63. The molecule has 5 aliphatic carbocycles. The van der Waals surface area contributed by atoms with Crippen molar-refractivity contribution in [3.05, 3.63) is 35.5 Å². The Balaban J connectivity index is 1.64. The molecule has 1 heterocycles. The summed E-state index contributed by atoms with van der Waals surface area (Å²) in [6.07, 6.45) is -1.41. The molecule has 2 unspecified atom stereocenters. The number of nitrogens with zero attached hydrogens (tertiary/aromatic N) is 1. The first-order chi connectivity index (χ1) is 18.7. The van der Waals surface area contributed by atoms with Gasteiger partial charge in [0.1, 0.15) is 23.9 Å². The van der Waals surface area contributed by atoms with E-state index < -0.39 is 76.1 Å². The van der Waals surface area contributed by atoms with Gasteiger partial charge in [0.25, 0.3) is 0 Å². The molecular formula is C31H43NO8. The fourth-order valence-corrected chi connectivity index (χ4v) is 11.1. The number of hydrogen-bond acceptors (Lipinski definition) is 9. The van der Waals surface area contributed by atoms with Gasteiger partial charge in [0, 0.05) is 51.8 Å². The number of allylic oxidation sites excluding steroid dienone is 2. The second-order valence-corrected chi connectivity index (χ2v) is 13.8. The van der Waals surface area contributed by atoms with Crippen molar-refractivity contribution < 1.29 is 39.5 Å². The highest BCUT2D eigenvalue weighted by Crippen LogP contribution is 2.84. The lowest BCUT2D eigenvalue weighted by atomic mass is 9.38. The molecule has 9 heteroatoms. The van der Waals surface area contributed by atoms with Crippen molar-refractivity contribution in [3.63, 3.8) is 0 Å². The number of carbonyl (C=O) groups excluding carboxylic acids is 2. The van der Waals surface area contributed by atoms with E-state index in [1.54, 1.807) is 39.8 Å². The maximum Gasteiger partial charge on any atom is 0.333 e. The number of likely N-dealkylation sites (tertiary alicyclic amines) is 1. The summed E-state index contributed by atoms with van der Waals surface area (Å²) in [4.78, 5) is 28.9. The van der Waals surface area contributed by atoms with E-state index in [1.807, 2.05) is 14.0 Å². The monoisotopic (exact) mass is 557 g/mol. The highest BCUT2D eigenvalue weighted by Gasteiger charge is 2.93. The second kappa shape index (κ2) is 8.51. The van der Waals surface area contributed by atoms with Gasteiger partial charge in [-0.2, -0.15) is 0 Å². The molecule has 4 N–H and O–H groups in total. The summed E-state index contributed by atoms with van der Waals surface area (Å²) in [6, 6.07) is -0.378. The molecule has 0 aromatic rings. The van der Waals surface area contributed by atoms with Crippen LogP contribution in [0.1, 0.15) is 53.9 Å². The molecule has 2 spiro atoms. The van der Waals surface area contributed by atoms with E-state index in [1.165, 1.54) is 0 Å². The van der Waals surface area contributed by atoms with Crippen LogP contribution in [0, 0.1) is 34.0 Å². The van der Waals surface area contributed by atoms with Crippen LogP contribution in [0.3, 0.4) is 0 Å². The van der Waals surface area contributed by atoms with Crippen molar-refractivity contribution in [1.82, 2.24) is 4.90 Å². The number of piperidine rings is 1. The normalized spacial score (nSPS) is 53.0. The number of ether oxygens (including phenoxy) is 2. The summed E-state index contributed by atoms with van der Waals surface area (Å²) in [7, 11) is 1.99. The third kappa shape index (κ3) is 2.86. The van der Waals surface area contributed by atoms with Crippen LogP contribution in [0.5, 0.6) is 0 Å². The molecule has 40 heavy (non-hydrogen) atoms. The van der Waals surface area contributed by atoms with Gasteiger partial charge in [-0.05, 0) is 59.9 Å². The summed E-state index contributed by atoms with van der Waals surface area (Å²) in [5, 5.41) is 48.2. The lowest BCUT2D eigenvalue weighted by Crippen LogP contribution is -2.84. The van der Waals surface area contributed by atoms with Crippen molar-refractivity contribution >= 4 is 11.9 Å². The summed E-state index contributed by atoms with van der Waals surface area (Å²) in [6.45, 7) is 13.4. The van der Waals surface area contributed by atoms with E-state index in [2.05, 4.69) is 11.5 Å². The quantitative estimate of drug-likeness (QED) is 0.230. The van der Waals surface area contributed by atoms with Gasteiger partial charge in [-0.25, -0.2) is 9.59 Å². The van der Waals surface area contributed by atoms with E-state index in [-0.39, 0.29) is 24.8 Å². The predicted octanol–water partition coefficient (Wildman–Crippen LogP) is 1.49. The molecule has 0 radical (unpaired) electrons. The van der Waals surface area contributed by atoms with Gasteiger partial charge >= 0.3 is 11.9 Å². The molecule has 9 nitrogen and oxygen atoms in total. The Hall–Kier alpha value is -2.04. The first-order valence-corrected chi connectivity index (χ1v) is 14.5. The van der Waals surface area contributed by atoms with Gasteiger partial charge in [-0.1, -0.05) is 31.2 Å². The van der Waals surface area contributed by atoms with E-state index in [0.29, 0.717) is 24.1 Å². The van der Waals surface area contributed by atoms with Crippen molar-refractivity contribution in [2.75, 3.05) is 13.6 Å². The van der Waals surface area contributed by atoms with Crippen molar-refractivity contribution in [1.29, 1.82) is 0 Å². The molecule has 5 saturated carbocycles. The zero-order valence-electron chi connectivity index (χ0n) is 24.3. The van der Waals surface area contributed by atoms with Gasteiger partial charge in [0.2, 0.25) is 0 Å². The molecule has 0 amide bonds. The number of aliphatic hydroxyl groups is 4. The maximum absolute atomic E-state index is 13.4. The molecule has 220 valence electrons. The van der Waals surface area contributed by atoms with Crippen molar-refractivity contribution in [2.24, 2.45) is 34.0 Å². The molecule has 1 aliphatic heterocycles. The van der Waals surface area contributed by atoms with Crippen LogP contribution >= 0.6 is 0 Å². The van der Waals surface area contributed by atoms with E-state index in [9.17, 15) is 30.0 Å². The van der Waals surface area contributed by atoms with Crippen LogP contribution < -0.4 is 0 Å². The number of carbonyl (C=O) groups is 2. The largest absolute Gasteiger partial charge is 0.455 e. The molecule has 0 aromatic heterocycles. The zero-order chi connectivity index (χ0) is 29.3. The van der Waals surface area contributed by atoms with Crippen LogP contribution in [0.4, 0.5) is 0 Å². The fourth-order valence-electron chi connectivity index (χ4n) is 11.1. The van der Waals surface area contributed by atoms with Crippen LogP contribution in [0.15, 0.2) is 35.5 Å². The topological polar surface area (TPSA) is 137 Å². The summed E-state index contributed by atoms with van der Waals surface area (Å²) >= 11 is 0. The number of rotatable bonds is 4. The minimum Gasteiger partial charge on any atom is -0.455 e. The highest BCUT2D eigenvalue weighted by atomic mass is 16.6. The Bertz CT molecular complexity index is 1240. The molecule has 6 bridgehead atoms. The number of aliphatic hydroxyl groups excluding tert-OH is 3. The SMILES string of the molecule is C=C1C[C@]23C4C5N(C)C[C@]6(C)C[C@H](O)C[C@@]5([C@@H]2[C@H](OC(=O)/C(C)=C/C)[C@H](OC(=O)/C(C)=C/C)[C@H]14)[C@]6(O)[C@@H](O)[C@@H]3O. The minimum absolute atomic E-state index is 0.172. The van der Waals surface area contributed by atoms with Crippen molar-refractivity contribution in [3.8, 4) is 0 Å². The molecule has 6 rings (SSSR count). The van der Waals surface area contributed by atoms with Crippen LogP contribution in [-0.2, 0) is 19.1 Å². The molecular weight excluding hydrogens is 514 g/mol. The zero-order valence-corrected chi connectivity index (χ0v) is 24.3. The Morgan fingerprint density at radius 3 is 2.15 bits per heavy atom. The lowest BCUT2D eigenvalue weighted by Gasteiger charge is -2.73. The Morgan fingerprint density at radius 2 is 1.57 bits per heavy atom. The maximum atomic E-state index is 13.4. The van der Waals surface area contributed by atoms with Gasteiger partial charge < -0.3 is 34.8 Å². The number of esters is 2. The second-order valence-electron chi connectivity index (χ2n) is 13.8. The molecule has 6 fully saturated rings. The van der Waals surface area contributed by atoms with Crippen molar-refractivity contribution in [2.45, 2.75) is 96.0 Å². The summed E-state index contributed by atoms with van der Waals surface area (Å²) < 4.78 is 12.5. The minimum atomic E-state index is -1.78. The predicted molar refractivity (Wildman–Crippen MR) is 144 cm³/mol. The molecule has 13 atom stereocenters. The third-order valence-electron chi connectivity index (χ3n) is 12.3. The van der Waals surface area contributed by atoms with Gasteiger partial charge in [0.15, 0.2) is 0 Å². The number of hydrogen-bond donors (Lipinski definition) is 4. The van der Waals surface area contributed by atoms with E-state index >= 15 is 0 Å². The molecule has 1 saturated heterocycles. The molecule has 6 aliphatic rings. The average molecular weight is 558 g/mol. The third-order valence-corrected chi connectivity index (χ3v) is 12.3. The first kappa shape index (κ1) is 28.1. The van der Waals surface area contributed by atoms with Gasteiger partial charge in [-0.3, -0.25) is 0 Å². The fraction of sp³-hybridized carbons (Fsp3) is 0.742. The van der Waals surface area contributed by atoms with Crippen LogP contribution in [0.2, 0.25) is 0 Å². The van der Waals surface area contributed by atoms with Gasteiger partial charge in [0.05, 0.1) is 12.2 Å². The Morgan fingerprint density at radius 1 is 1.00 bits per heavy atom. The Labute approximate surface area is 235 Å². The van der Waals surface area contributed by atoms with Gasteiger partial charge in [-0.15, -0.1) is 0 Å². The van der Waals surface area contributed by atoms with E-state index in [0.717, 1.165) is 5.57 Å². The lowest BCUT2D eigenvalue weighted by molar-refractivity contribution is -0.361. The standard InChI is InChI=1S/C31H43NO8/c1-8-14(3)26(36)39-20-18-16(5)10-29-19(18)23-30(22(29)21(20)40-27(37)15(4)9-2)12-17(33)11-28(6,13-32(23)7)31(30,38)25(35)24(29)34/h8-9,17-25,33-35,38H,5,10-13H2,1-4,6-7H3/b14-8+,15-9+/t17-,18+,19?,20+,21+,22+,23?,24-,25-,28-,29-,30-,31-/m0/s1. The highest BCUT2D eigenvalue weighted by molar-refractivity contribution is 5.89. The smallest absolute Gasteiger partial charge is 0.333 e. The summed E-state index contributed by atoms with van der Waals surface area (Å²) in [5.41, 5.74) is -3.28. The van der Waals surface area contributed by atoms with E-state index in [4.69, 9.17) is 9.47 Å². The first-order valence-electron chi connectivity index (χ1n) is 14.5. The molecule has 0 aromatic carbocycles. The van der Waals surface area contributed by atoms with Crippen LogP contribution in [0.25, 0.3) is 0 Å².